The van der Waals surface area contributed by atoms with Gasteiger partial charge in [0.05, 0.1) is 5.92 Å². The molecule has 0 spiro atoms. The molecule has 192 valence electrons. The van der Waals surface area contributed by atoms with E-state index in [4.69, 9.17) is 9.47 Å². The molecule has 1 saturated heterocycles. The third-order valence-corrected chi connectivity index (χ3v) is 6.54. The summed E-state index contributed by atoms with van der Waals surface area (Å²) >= 11 is 0. The summed E-state index contributed by atoms with van der Waals surface area (Å²) in [6, 6.07) is 24.0. The predicted molar refractivity (Wildman–Crippen MR) is 143 cm³/mol. The van der Waals surface area contributed by atoms with Gasteiger partial charge in [-0.3, -0.25) is 14.4 Å². The molecule has 3 aromatic carbocycles. The molecule has 0 aromatic heterocycles. The maximum Gasteiger partial charge on any atom is 0.312 e. The number of hydrogen-bond acceptors (Lipinski definition) is 5. The number of esters is 1. The molecule has 6 heteroatoms. The number of ketones is 1. The maximum atomic E-state index is 12.8. The Hall–Kier alpha value is -3.93. The summed E-state index contributed by atoms with van der Waals surface area (Å²) in [5.74, 6) is -0.151. The second-order valence-corrected chi connectivity index (χ2v) is 10.3. The van der Waals surface area contributed by atoms with E-state index in [0.717, 1.165) is 5.75 Å². The lowest BCUT2D eigenvalue weighted by molar-refractivity contribution is -0.151. The molecule has 0 saturated carbocycles. The first-order chi connectivity index (χ1) is 17.7. The normalized spacial score (nSPS) is 16.4. The molecule has 0 radical (unpaired) electrons. The van der Waals surface area contributed by atoms with Gasteiger partial charge in [-0.05, 0) is 53.8 Å². The van der Waals surface area contributed by atoms with E-state index in [-0.39, 0.29) is 30.1 Å². The maximum absolute atomic E-state index is 12.8. The molecule has 0 unspecified atom stereocenters. The summed E-state index contributed by atoms with van der Waals surface area (Å²) in [4.78, 5) is 39.9. The second kappa shape index (κ2) is 11.0. The molecule has 0 N–H and O–H groups in total. The Balaban J connectivity index is 1.36. The fraction of sp³-hybridized carbons (Fsp3) is 0.323. The number of ether oxygens (including phenoxy) is 2. The van der Waals surface area contributed by atoms with Crippen LogP contribution in [0.25, 0.3) is 0 Å². The number of carbonyl (C=O) groups is 3. The predicted octanol–water partition coefficient (Wildman–Crippen LogP) is 6.33. The molecule has 6 nitrogen and oxygen atoms in total. The lowest BCUT2D eigenvalue weighted by atomic mass is 9.87. The molecule has 1 aliphatic rings. The van der Waals surface area contributed by atoms with Crippen LogP contribution in [0.1, 0.15) is 56.5 Å². The van der Waals surface area contributed by atoms with E-state index in [1.54, 1.807) is 60.4 Å². The van der Waals surface area contributed by atoms with E-state index >= 15 is 0 Å². The summed E-state index contributed by atoms with van der Waals surface area (Å²) in [7, 11) is 0. The van der Waals surface area contributed by atoms with Crippen molar-refractivity contribution in [3.05, 3.63) is 90.0 Å². The summed E-state index contributed by atoms with van der Waals surface area (Å²) in [6.07, 6.45) is -0.454. The second-order valence-electron chi connectivity index (χ2n) is 10.3. The molecular formula is C31H33NO5. The highest BCUT2D eigenvalue weighted by Gasteiger charge is 2.37. The molecule has 2 atom stereocenters. The van der Waals surface area contributed by atoms with Crippen LogP contribution in [0.3, 0.4) is 0 Å². The average molecular weight is 500 g/mol. The molecule has 3 aromatic rings. The summed E-state index contributed by atoms with van der Waals surface area (Å²) in [5.41, 5.74) is 2.48. The van der Waals surface area contributed by atoms with Crippen molar-refractivity contribution in [3.63, 3.8) is 0 Å². The van der Waals surface area contributed by atoms with Crippen molar-refractivity contribution in [2.75, 3.05) is 11.4 Å². The molecule has 4 rings (SSSR count). The number of nitrogens with zero attached hydrogens (tertiary/aromatic N) is 1. The van der Waals surface area contributed by atoms with E-state index in [1.807, 2.05) is 18.2 Å². The van der Waals surface area contributed by atoms with E-state index < -0.39 is 18.0 Å². The van der Waals surface area contributed by atoms with Gasteiger partial charge in [0, 0.05) is 24.2 Å². The van der Waals surface area contributed by atoms with Gasteiger partial charge in [0.25, 0.3) is 0 Å². The van der Waals surface area contributed by atoms with E-state index in [9.17, 15) is 14.4 Å². The Labute approximate surface area is 218 Å². The quantitative estimate of drug-likeness (QED) is 0.267. The van der Waals surface area contributed by atoms with Crippen molar-refractivity contribution >= 4 is 23.3 Å². The molecule has 1 aliphatic heterocycles. The van der Waals surface area contributed by atoms with Crippen LogP contribution in [0.2, 0.25) is 0 Å². The SMILES string of the molecule is CC[C@H](OC(=O)[C@@H]1CC(=O)N(c2ccc(Oc3ccc(C(C)(C)C)cc3)cc2)C1)C(=O)c1ccccc1. The van der Waals surface area contributed by atoms with Gasteiger partial charge in [0.1, 0.15) is 11.5 Å². The van der Waals surface area contributed by atoms with E-state index in [0.29, 0.717) is 23.4 Å². The summed E-state index contributed by atoms with van der Waals surface area (Å²) < 4.78 is 11.5. The lowest BCUT2D eigenvalue weighted by Crippen LogP contribution is -2.31. The zero-order chi connectivity index (χ0) is 26.6. The largest absolute Gasteiger partial charge is 0.457 e. The topological polar surface area (TPSA) is 72.9 Å². The monoisotopic (exact) mass is 499 g/mol. The van der Waals surface area contributed by atoms with Gasteiger partial charge in [0.15, 0.2) is 6.10 Å². The lowest BCUT2D eigenvalue weighted by Gasteiger charge is -2.20. The molecule has 0 bridgehead atoms. The van der Waals surface area contributed by atoms with Crippen LogP contribution >= 0.6 is 0 Å². The standard InChI is InChI=1S/C31H33NO5/c1-5-27(29(34)21-9-7-6-8-10-21)37-30(35)22-19-28(33)32(20-22)24-13-17-26(18-14-24)36-25-15-11-23(12-16-25)31(2,3)4/h6-18,22,27H,5,19-20H2,1-4H3/t22-,27+/m1/s1. The molecule has 0 aliphatic carbocycles. The van der Waals surface area contributed by atoms with Gasteiger partial charge < -0.3 is 14.4 Å². The number of anilines is 1. The van der Waals surface area contributed by atoms with Crippen molar-refractivity contribution in [2.45, 2.75) is 52.1 Å². The first-order valence-electron chi connectivity index (χ1n) is 12.6. The molecular weight excluding hydrogens is 466 g/mol. The van der Waals surface area contributed by atoms with Gasteiger partial charge in [-0.25, -0.2) is 0 Å². The Morgan fingerprint density at radius 3 is 2.08 bits per heavy atom. The molecule has 1 fully saturated rings. The molecule has 37 heavy (non-hydrogen) atoms. The van der Waals surface area contributed by atoms with Gasteiger partial charge in [0.2, 0.25) is 11.7 Å². The van der Waals surface area contributed by atoms with Crippen LogP contribution < -0.4 is 9.64 Å². The number of rotatable bonds is 8. The van der Waals surface area contributed by atoms with Crippen molar-refractivity contribution in [3.8, 4) is 11.5 Å². The number of carbonyl (C=O) groups excluding carboxylic acids is 3. The zero-order valence-corrected chi connectivity index (χ0v) is 21.8. The minimum Gasteiger partial charge on any atom is -0.457 e. The molecule has 1 amide bonds. The minimum atomic E-state index is -0.868. The van der Waals surface area contributed by atoms with Gasteiger partial charge >= 0.3 is 5.97 Å². The van der Waals surface area contributed by atoms with Crippen molar-refractivity contribution in [1.82, 2.24) is 0 Å². The summed E-state index contributed by atoms with van der Waals surface area (Å²) in [6.45, 7) is 8.50. The first kappa shape index (κ1) is 26.1. The van der Waals surface area contributed by atoms with Crippen LogP contribution in [0.15, 0.2) is 78.9 Å². The molecule has 1 heterocycles. The fourth-order valence-electron chi connectivity index (χ4n) is 4.32. The fourth-order valence-corrected chi connectivity index (χ4v) is 4.32. The van der Waals surface area contributed by atoms with Crippen molar-refractivity contribution in [2.24, 2.45) is 5.92 Å². The Kier molecular flexibility index (Phi) is 7.77. The van der Waals surface area contributed by atoms with Crippen LogP contribution in [-0.4, -0.2) is 30.3 Å². The van der Waals surface area contributed by atoms with E-state index in [2.05, 4.69) is 32.9 Å². The highest BCUT2D eigenvalue weighted by Crippen LogP contribution is 2.31. The zero-order valence-electron chi connectivity index (χ0n) is 21.8. The highest BCUT2D eigenvalue weighted by molar-refractivity contribution is 6.02. The smallest absolute Gasteiger partial charge is 0.312 e. The Morgan fingerprint density at radius 1 is 0.919 bits per heavy atom. The third kappa shape index (κ3) is 6.26. The van der Waals surface area contributed by atoms with Gasteiger partial charge in [-0.15, -0.1) is 0 Å². The van der Waals surface area contributed by atoms with E-state index in [1.165, 1.54) is 5.56 Å². The van der Waals surface area contributed by atoms with Crippen LogP contribution in [0.4, 0.5) is 5.69 Å². The van der Waals surface area contributed by atoms with Gasteiger partial charge in [-0.2, -0.15) is 0 Å². The summed E-state index contributed by atoms with van der Waals surface area (Å²) in [5, 5.41) is 0. The van der Waals surface area contributed by atoms with Crippen LogP contribution in [0.5, 0.6) is 11.5 Å². The number of hydrogen-bond donors (Lipinski definition) is 0. The van der Waals surface area contributed by atoms with Crippen LogP contribution in [-0.2, 0) is 19.7 Å². The Morgan fingerprint density at radius 2 is 1.51 bits per heavy atom. The third-order valence-electron chi connectivity index (χ3n) is 6.54. The first-order valence-corrected chi connectivity index (χ1v) is 12.6. The minimum absolute atomic E-state index is 0.0488. The number of amides is 1. The van der Waals surface area contributed by atoms with Gasteiger partial charge in [-0.1, -0.05) is 70.2 Å². The Bertz CT molecular complexity index is 1240. The number of Topliss-reactive ketones (excluding diaryl/α,β-unsaturated/α-hetero) is 1. The van der Waals surface area contributed by atoms with Crippen molar-refractivity contribution in [1.29, 1.82) is 0 Å². The van der Waals surface area contributed by atoms with Crippen LogP contribution in [0, 0.1) is 5.92 Å². The number of benzene rings is 3. The average Bonchev–Trinajstić information content (AvgIpc) is 3.29. The highest BCUT2D eigenvalue weighted by atomic mass is 16.5. The van der Waals surface area contributed by atoms with Crippen molar-refractivity contribution < 1.29 is 23.9 Å².